The number of hydrogen-bond donors (Lipinski definition) is 2. The van der Waals surface area contributed by atoms with E-state index in [2.05, 4.69) is 27.7 Å². The number of hydrazine groups is 1. The Labute approximate surface area is 125 Å². The highest BCUT2D eigenvalue weighted by atomic mass is 32.1. The Balaban J connectivity index is 1.71. The van der Waals surface area contributed by atoms with E-state index in [-0.39, 0.29) is 0 Å². The Bertz CT molecular complexity index is 429. The third-order valence-electron chi connectivity index (χ3n) is 3.38. The summed E-state index contributed by atoms with van der Waals surface area (Å²) in [5, 5.41) is 6.05. The van der Waals surface area contributed by atoms with Gasteiger partial charge in [-0.25, -0.2) is 5.01 Å². The standard InChI is InChI=1S/C14H22N4OS/c1-17-7-9-18(10-8-17)16-14(20)15-11-12-3-5-13(19-2)6-4-12/h3-6H,7-11H2,1-2H3,(H2,15,16,20). The molecule has 1 aromatic rings. The van der Waals surface area contributed by atoms with Gasteiger partial charge >= 0.3 is 0 Å². The second-order valence-corrected chi connectivity index (χ2v) is 5.34. The summed E-state index contributed by atoms with van der Waals surface area (Å²) in [4.78, 5) is 2.31. The van der Waals surface area contributed by atoms with Crippen molar-refractivity contribution in [2.45, 2.75) is 6.54 Å². The lowest BCUT2D eigenvalue weighted by atomic mass is 10.2. The summed E-state index contributed by atoms with van der Waals surface area (Å²) in [5.74, 6) is 0.867. The van der Waals surface area contributed by atoms with Gasteiger partial charge in [0, 0.05) is 32.7 Å². The third kappa shape index (κ3) is 4.63. The number of piperazine rings is 1. The van der Waals surface area contributed by atoms with Crippen LogP contribution in [0.25, 0.3) is 0 Å². The minimum atomic E-state index is 0.672. The molecule has 5 nitrogen and oxygen atoms in total. The quantitative estimate of drug-likeness (QED) is 0.801. The van der Waals surface area contributed by atoms with Gasteiger partial charge in [0.25, 0.3) is 0 Å². The van der Waals surface area contributed by atoms with Crippen LogP contribution >= 0.6 is 12.2 Å². The number of ether oxygens (including phenoxy) is 1. The normalized spacial score (nSPS) is 16.7. The van der Waals surface area contributed by atoms with Crippen LogP contribution in [0.5, 0.6) is 5.75 Å². The van der Waals surface area contributed by atoms with Gasteiger partial charge in [-0.2, -0.15) is 0 Å². The first kappa shape index (κ1) is 15.0. The molecule has 2 N–H and O–H groups in total. The van der Waals surface area contributed by atoms with Crippen LogP contribution in [0.4, 0.5) is 0 Å². The van der Waals surface area contributed by atoms with Gasteiger partial charge in [0.15, 0.2) is 5.11 Å². The van der Waals surface area contributed by atoms with E-state index >= 15 is 0 Å². The minimum Gasteiger partial charge on any atom is -0.497 e. The molecular weight excluding hydrogens is 272 g/mol. The molecule has 1 aliphatic heterocycles. The second kappa shape index (κ2) is 7.42. The van der Waals surface area contributed by atoms with Crippen LogP contribution in [0.15, 0.2) is 24.3 Å². The molecule has 1 heterocycles. The zero-order valence-electron chi connectivity index (χ0n) is 12.1. The minimum absolute atomic E-state index is 0.672. The fourth-order valence-corrected chi connectivity index (χ4v) is 2.23. The SMILES string of the molecule is COc1ccc(CNC(=S)NN2CCN(C)CC2)cc1. The molecule has 1 fully saturated rings. The number of nitrogens with one attached hydrogen (secondary N) is 2. The number of nitrogens with zero attached hydrogens (tertiary/aromatic N) is 2. The van der Waals surface area contributed by atoms with Gasteiger partial charge < -0.3 is 15.0 Å². The molecule has 1 aliphatic rings. The van der Waals surface area contributed by atoms with Crippen molar-refractivity contribution < 1.29 is 4.74 Å². The number of hydrogen-bond acceptors (Lipinski definition) is 4. The number of thiocarbonyl (C=S) groups is 1. The van der Waals surface area contributed by atoms with Crippen LogP contribution in [0.3, 0.4) is 0 Å². The summed E-state index contributed by atoms with van der Waals surface area (Å²) in [6.45, 7) is 4.81. The van der Waals surface area contributed by atoms with Gasteiger partial charge in [0.2, 0.25) is 0 Å². The molecule has 20 heavy (non-hydrogen) atoms. The maximum atomic E-state index is 5.31. The molecule has 0 atom stereocenters. The lowest BCUT2D eigenvalue weighted by molar-refractivity contribution is 0.130. The van der Waals surface area contributed by atoms with E-state index in [4.69, 9.17) is 17.0 Å². The predicted octanol–water partition coefficient (Wildman–Crippen LogP) is 0.822. The largest absolute Gasteiger partial charge is 0.497 e. The molecular formula is C14H22N4OS. The Morgan fingerprint density at radius 2 is 1.85 bits per heavy atom. The molecule has 0 aromatic heterocycles. The first-order chi connectivity index (χ1) is 9.67. The molecule has 2 rings (SSSR count). The van der Waals surface area contributed by atoms with E-state index in [1.165, 1.54) is 5.56 Å². The van der Waals surface area contributed by atoms with E-state index in [0.29, 0.717) is 11.7 Å². The molecule has 1 aromatic carbocycles. The summed E-state index contributed by atoms with van der Waals surface area (Å²) >= 11 is 5.31. The topological polar surface area (TPSA) is 39.8 Å². The average Bonchev–Trinajstić information content (AvgIpc) is 2.48. The summed E-state index contributed by atoms with van der Waals surface area (Å²) < 4.78 is 5.13. The summed E-state index contributed by atoms with van der Waals surface area (Å²) in [5.41, 5.74) is 4.41. The lowest BCUT2D eigenvalue weighted by Gasteiger charge is -2.33. The van der Waals surface area contributed by atoms with E-state index < -0.39 is 0 Å². The van der Waals surface area contributed by atoms with Crippen LogP contribution in [0.1, 0.15) is 5.56 Å². The van der Waals surface area contributed by atoms with E-state index in [1.807, 2.05) is 24.3 Å². The van der Waals surface area contributed by atoms with Crippen molar-refractivity contribution in [1.82, 2.24) is 20.7 Å². The van der Waals surface area contributed by atoms with Gasteiger partial charge in [0.05, 0.1) is 7.11 Å². The van der Waals surface area contributed by atoms with Crippen molar-refractivity contribution in [3.63, 3.8) is 0 Å². The zero-order chi connectivity index (χ0) is 14.4. The van der Waals surface area contributed by atoms with Gasteiger partial charge in [-0.05, 0) is 37.0 Å². The molecule has 0 unspecified atom stereocenters. The number of likely N-dealkylation sites (N-methyl/N-ethyl adjacent to an activating group) is 1. The molecule has 6 heteroatoms. The van der Waals surface area contributed by atoms with E-state index in [9.17, 15) is 0 Å². The first-order valence-corrected chi connectivity index (χ1v) is 7.19. The molecule has 0 aliphatic carbocycles. The fourth-order valence-electron chi connectivity index (χ4n) is 2.03. The molecule has 0 amide bonds. The van der Waals surface area contributed by atoms with E-state index in [0.717, 1.165) is 31.9 Å². The molecule has 0 radical (unpaired) electrons. The molecule has 0 bridgehead atoms. The number of methoxy groups -OCH3 is 1. The van der Waals surface area contributed by atoms with Crippen LogP contribution in [-0.4, -0.2) is 55.4 Å². The Morgan fingerprint density at radius 3 is 2.45 bits per heavy atom. The van der Waals surface area contributed by atoms with Crippen molar-refractivity contribution >= 4 is 17.3 Å². The summed E-state index contributed by atoms with van der Waals surface area (Å²) in [6.07, 6.45) is 0. The highest BCUT2D eigenvalue weighted by Gasteiger charge is 2.13. The van der Waals surface area contributed by atoms with Gasteiger partial charge in [-0.15, -0.1) is 0 Å². The number of benzene rings is 1. The fraction of sp³-hybridized carbons (Fsp3) is 0.500. The Kier molecular flexibility index (Phi) is 5.58. The van der Waals surface area contributed by atoms with Crippen molar-refractivity contribution in [2.24, 2.45) is 0 Å². The van der Waals surface area contributed by atoms with Crippen molar-refractivity contribution in [2.75, 3.05) is 40.3 Å². The highest BCUT2D eigenvalue weighted by Crippen LogP contribution is 2.10. The van der Waals surface area contributed by atoms with Gasteiger partial charge in [0.1, 0.15) is 5.75 Å². The van der Waals surface area contributed by atoms with Crippen molar-refractivity contribution in [3.8, 4) is 5.75 Å². The summed E-state index contributed by atoms with van der Waals surface area (Å²) in [7, 11) is 3.81. The summed E-state index contributed by atoms with van der Waals surface area (Å²) in [6, 6.07) is 7.97. The monoisotopic (exact) mass is 294 g/mol. The predicted molar refractivity (Wildman–Crippen MR) is 84.6 cm³/mol. The first-order valence-electron chi connectivity index (χ1n) is 6.78. The van der Waals surface area contributed by atoms with Crippen molar-refractivity contribution in [1.29, 1.82) is 0 Å². The lowest BCUT2D eigenvalue weighted by Crippen LogP contribution is -2.54. The highest BCUT2D eigenvalue weighted by molar-refractivity contribution is 7.80. The average molecular weight is 294 g/mol. The molecule has 110 valence electrons. The molecule has 0 spiro atoms. The maximum Gasteiger partial charge on any atom is 0.181 e. The van der Waals surface area contributed by atoms with Crippen LogP contribution < -0.4 is 15.5 Å². The van der Waals surface area contributed by atoms with E-state index in [1.54, 1.807) is 7.11 Å². The smallest absolute Gasteiger partial charge is 0.181 e. The second-order valence-electron chi connectivity index (χ2n) is 4.93. The Morgan fingerprint density at radius 1 is 1.20 bits per heavy atom. The molecule has 0 saturated carbocycles. The maximum absolute atomic E-state index is 5.31. The van der Waals surface area contributed by atoms with Crippen LogP contribution in [0, 0.1) is 0 Å². The van der Waals surface area contributed by atoms with Gasteiger partial charge in [-0.1, -0.05) is 12.1 Å². The van der Waals surface area contributed by atoms with Crippen LogP contribution in [-0.2, 0) is 6.54 Å². The zero-order valence-corrected chi connectivity index (χ0v) is 12.9. The van der Waals surface area contributed by atoms with Crippen molar-refractivity contribution in [3.05, 3.63) is 29.8 Å². The third-order valence-corrected chi connectivity index (χ3v) is 3.61. The van der Waals surface area contributed by atoms with Gasteiger partial charge in [-0.3, -0.25) is 5.43 Å². The number of rotatable bonds is 4. The Hall–Kier alpha value is -1.37. The van der Waals surface area contributed by atoms with Crippen LogP contribution in [0.2, 0.25) is 0 Å². The molecule has 1 saturated heterocycles.